The molecule has 2 atom stereocenters. The smallest absolute Gasteiger partial charge is 0.318 e. The fraction of sp³-hybridized carbons (Fsp3) is 0.714. The van der Waals surface area contributed by atoms with Crippen molar-refractivity contribution in [2.75, 3.05) is 12.4 Å². The summed E-state index contributed by atoms with van der Waals surface area (Å²) < 4.78 is 5.05. The Morgan fingerprint density at radius 3 is 2.79 bits per heavy atom. The standard InChI is InChI=1S/C14H22ClN3O/c1-9(2)10-6-4-5-7-12(10)17-13-11(15)8-16-14(18-13)19-3/h8-10,12H,4-7H2,1-3H3,(H,16,17,18). The number of nitrogens with zero attached hydrogens (tertiary/aromatic N) is 2. The van der Waals surface area contributed by atoms with Crippen LogP contribution in [0.3, 0.4) is 0 Å². The van der Waals surface area contributed by atoms with Gasteiger partial charge in [0.25, 0.3) is 0 Å². The summed E-state index contributed by atoms with van der Waals surface area (Å²) in [7, 11) is 1.56. The molecule has 0 saturated heterocycles. The lowest BCUT2D eigenvalue weighted by Gasteiger charge is -2.35. The number of nitrogens with one attached hydrogen (secondary N) is 1. The minimum atomic E-state index is 0.351. The molecule has 0 radical (unpaired) electrons. The number of methoxy groups -OCH3 is 1. The molecule has 0 aliphatic heterocycles. The van der Waals surface area contributed by atoms with Crippen LogP contribution in [0, 0.1) is 11.8 Å². The Hall–Kier alpha value is -1.03. The number of anilines is 1. The summed E-state index contributed by atoms with van der Waals surface area (Å²) in [5, 5.41) is 4.04. The topological polar surface area (TPSA) is 47.0 Å². The molecule has 0 bridgehead atoms. The van der Waals surface area contributed by atoms with Crippen LogP contribution < -0.4 is 10.1 Å². The van der Waals surface area contributed by atoms with Gasteiger partial charge in [-0.3, -0.25) is 0 Å². The van der Waals surface area contributed by atoms with E-state index in [0.717, 1.165) is 0 Å². The van der Waals surface area contributed by atoms with E-state index in [1.54, 1.807) is 13.3 Å². The van der Waals surface area contributed by atoms with E-state index >= 15 is 0 Å². The summed E-state index contributed by atoms with van der Waals surface area (Å²) in [5.74, 6) is 2.03. The third-order valence-corrected chi connectivity index (χ3v) is 4.18. The maximum atomic E-state index is 6.16. The summed E-state index contributed by atoms with van der Waals surface area (Å²) >= 11 is 6.16. The van der Waals surface area contributed by atoms with Gasteiger partial charge >= 0.3 is 6.01 Å². The Labute approximate surface area is 119 Å². The normalized spacial score (nSPS) is 23.4. The first-order valence-electron chi connectivity index (χ1n) is 6.95. The fourth-order valence-electron chi connectivity index (χ4n) is 2.86. The van der Waals surface area contributed by atoms with E-state index in [2.05, 4.69) is 29.1 Å². The number of aromatic nitrogens is 2. The highest BCUT2D eigenvalue weighted by atomic mass is 35.5. The molecule has 4 nitrogen and oxygen atoms in total. The van der Waals surface area contributed by atoms with E-state index in [4.69, 9.17) is 16.3 Å². The van der Waals surface area contributed by atoms with Crippen LogP contribution in [-0.4, -0.2) is 23.1 Å². The lowest BCUT2D eigenvalue weighted by molar-refractivity contribution is 0.253. The van der Waals surface area contributed by atoms with Gasteiger partial charge in [0.15, 0.2) is 5.82 Å². The molecule has 19 heavy (non-hydrogen) atoms. The van der Waals surface area contributed by atoms with Crippen molar-refractivity contribution < 1.29 is 4.74 Å². The number of hydrogen-bond acceptors (Lipinski definition) is 4. The molecule has 0 amide bonds. The molecule has 1 aliphatic carbocycles. The van der Waals surface area contributed by atoms with E-state index in [1.165, 1.54) is 25.7 Å². The van der Waals surface area contributed by atoms with E-state index in [-0.39, 0.29) is 0 Å². The van der Waals surface area contributed by atoms with Crippen LogP contribution in [0.2, 0.25) is 5.02 Å². The molecule has 0 spiro atoms. The first-order valence-corrected chi connectivity index (χ1v) is 7.32. The van der Waals surface area contributed by atoms with Gasteiger partial charge in [0, 0.05) is 6.04 Å². The number of rotatable bonds is 4. The Bertz CT molecular complexity index is 425. The molecule has 1 saturated carbocycles. The molecule has 0 aromatic carbocycles. The predicted molar refractivity (Wildman–Crippen MR) is 77.8 cm³/mol. The average molecular weight is 284 g/mol. The van der Waals surface area contributed by atoms with Crippen molar-refractivity contribution in [3.63, 3.8) is 0 Å². The molecule has 1 fully saturated rings. The highest BCUT2D eigenvalue weighted by Gasteiger charge is 2.28. The van der Waals surface area contributed by atoms with E-state index < -0.39 is 0 Å². The zero-order chi connectivity index (χ0) is 13.8. The van der Waals surface area contributed by atoms with Crippen molar-refractivity contribution in [1.29, 1.82) is 0 Å². The summed E-state index contributed by atoms with van der Waals surface area (Å²) in [4.78, 5) is 8.30. The second-order valence-electron chi connectivity index (χ2n) is 5.50. The molecule has 5 heteroatoms. The van der Waals surface area contributed by atoms with Gasteiger partial charge in [0.05, 0.1) is 13.3 Å². The zero-order valence-electron chi connectivity index (χ0n) is 11.8. The van der Waals surface area contributed by atoms with Crippen molar-refractivity contribution in [3.8, 4) is 6.01 Å². The molecule has 1 aliphatic rings. The molecular formula is C14H22ClN3O. The van der Waals surface area contributed by atoms with Gasteiger partial charge in [-0.2, -0.15) is 4.98 Å². The maximum absolute atomic E-state index is 6.16. The summed E-state index contributed by atoms with van der Waals surface area (Å²) in [6.45, 7) is 4.57. The van der Waals surface area contributed by atoms with Crippen LogP contribution >= 0.6 is 11.6 Å². The van der Waals surface area contributed by atoms with Crippen LogP contribution in [-0.2, 0) is 0 Å². The Morgan fingerprint density at radius 2 is 2.11 bits per heavy atom. The zero-order valence-corrected chi connectivity index (χ0v) is 12.6. The third-order valence-electron chi connectivity index (χ3n) is 3.90. The van der Waals surface area contributed by atoms with E-state index in [0.29, 0.717) is 34.7 Å². The van der Waals surface area contributed by atoms with Gasteiger partial charge < -0.3 is 10.1 Å². The van der Waals surface area contributed by atoms with Crippen LogP contribution in [0.4, 0.5) is 5.82 Å². The Kier molecular flexibility index (Phi) is 4.86. The average Bonchev–Trinajstić information content (AvgIpc) is 2.41. The van der Waals surface area contributed by atoms with Crippen molar-refractivity contribution in [1.82, 2.24) is 9.97 Å². The van der Waals surface area contributed by atoms with E-state index in [9.17, 15) is 0 Å². The molecule has 2 rings (SSSR count). The third kappa shape index (κ3) is 3.50. The van der Waals surface area contributed by atoms with Gasteiger partial charge in [0.1, 0.15) is 5.02 Å². The monoisotopic (exact) mass is 283 g/mol. The predicted octanol–water partition coefficient (Wildman–Crippen LogP) is 3.77. The summed E-state index contributed by atoms with van der Waals surface area (Å²) in [5.41, 5.74) is 0. The van der Waals surface area contributed by atoms with Crippen LogP contribution in [0.25, 0.3) is 0 Å². The second kappa shape index (κ2) is 6.42. The van der Waals surface area contributed by atoms with Crippen LogP contribution in [0.1, 0.15) is 39.5 Å². The maximum Gasteiger partial charge on any atom is 0.318 e. The van der Waals surface area contributed by atoms with Crippen molar-refractivity contribution in [2.45, 2.75) is 45.6 Å². The highest BCUT2D eigenvalue weighted by Crippen LogP contribution is 2.33. The van der Waals surface area contributed by atoms with Crippen LogP contribution in [0.15, 0.2) is 6.20 Å². The first-order chi connectivity index (χ1) is 9.11. The van der Waals surface area contributed by atoms with Crippen molar-refractivity contribution in [3.05, 3.63) is 11.2 Å². The number of halogens is 1. The molecule has 1 heterocycles. The molecule has 2 unspecified atom stereocenters. The SMILES string of the molecule is COc1ncc(Cl)c(NC2CCCCC2C(C)C)n1. The molecule has 1 aromatic heterocycles. The van der Waals surface area contributed by atoms with Gasteiger partial charge in [-0.05, 0) is 24.7 Å². The highest BCUT2D eigenvalue weighted by molar-refractivity contribution is 6.32. The van der Waals surface area contributed by atoms with Gasteiger partial charge in [-0.25, -0.2) is 4.98 Å². The lowest BCUT2D eigenvalue weighted by Crippen LogP contribution is -2.35. The van der Waals surface area contributed by atoms with Gasteiger partial charge in [-0.15, -0.1) is 0 Å². The molecule has 1 aromatic rings. The first kappa shape index (κ1) is 14.4. The quantitative estimate of drug-likeness (QED) is 0.914. The van der Waals surface area contributed by atoms with Crippen LogP contribution in [0.5, 0.6) is 6.01 Å². The molecular weight excluding hydrogens is 262 g/mol. The second-order valence-corrected chi connectivity index (χ2v) is 5.90. The number of hydrogen-bond donors (Lipinski definition) is 1. The molecule has 1 N–H and O–H groups in total. The summed E-state index contributed by atoms with van der Waals surface area (Å²) in [6.07, 6.45) is 6.62. The van der Waals surface area contributed by atoms with Gasteiger partial charge in [0.2, 0.25) is 0 Å². The fourth-order valence-corrected chi connectivity index (χ4v) is 3.01. The lowest BCUT2D eigenvalue weighted by atomic mass is 9.78. The minimum Gasteiger partial charge on any atom is -0.467 e. The largest absolute Gasteiger partial charge is 0.467 e. The van der Waals surface area contributed by atoms with Crippen molar-refractivity contribution in [2.24, 2.45) is 11.8 Å². The Balaban J connectivity index is 2.14. The summed E-state index contributed by atoms with van der Waals surface area (Å²) in [6, 6.07) is 0.787. The molecule has 106 valence electrons. The number of ether oxygens (including phenoxy) is 1. The minimum absolute atomic E-state index is 0.351. The van der Waals surface area contributed by atoms with Gasteiger partial charge in [-0.1, -0.05) is 38.3 Å². The van der Waals surface area contributed by atoms with E-state index in [1.807, 2.05) is 0 Å². The van der Waals surface area contributed by atoms with Crippen molar-refractivity contribution >= 4 is 17.4 Å². The Morgan fingerprint density at radius 1 is 1.37 bits per heavy atom.